The van der Waals surface area contributed by atoms with E-state index in [9.17, 15) is 14.4 Å². The first-order chi connectivity index (χ1) is 12.0. The van der Waals surface area contributed by atoms with Crippen molar-refractivity contribution < 1.29 is 19.5 Å². The molecule has 3 N–H and O–H groups in total. The number of nitrogens with one attached hydrogen (secondary N) is 2. The van der Waals surface area contributed by atoms with Gasteiger partial charge in [-0.3, -0.25) is 14.6 Å². The number of hydrogen-bond donors (Lipinski definition) is 3. The third-order valence-electron chi connectivity index (χ3n) is 3.62. The van der Waals surface area contributed by atoms with E-state index in [1.807, 2.05) is 0 Å². The van der Waals surface area contributed by atoms with Gasteiger partial charge in [0.25, 0.3) is 11.8 Å². The Bertz CT molecular complexity index is 745. The summed E-state index contributed by atoms with van der Waals surface area (Å²) in [5, 5.41) is 14.2. The summed E-state index contributed by atoms with van der Waals surface area (Å²) in [5.74, 6) is -1.72. The Balaban J connectivity index is 1.92. The molecule has 0 aliphatic rings. The fourth-order valence-corrected chi connectivity index (χ4v) is 2.14. The highest BCUT2D eigenvalue weighted by molar-refractivity contribution is 5.96. The first-order valence-corrected chi connectivity index (χ1v) is 7.82. The van der Waals surface area contributed by atoms with Crippen LogP contribution in [0.25, 0.3) is 0 Å². The van der Waals surface area contributed by atoms with Crippen LogP contribution in [-0.4, -0.2) is 33.9 Å². The average Bonchev–Trinajstić information content (AvgIpc) is 2.64. The SMILES string of the molecule is CCC(NC(=O)c1ccc(CNC(=O)c2ccncc2)cc1)C(=O)O. The molecule has 1 aromatic heterocycles. The molecule has 25 heavy (non-hydrogen) atoms. The number of carboxylic acids is 1. The number of carbonyl (C=O) groups is 3. The molecular formula is C18H19N3O4. The van der Waals surface area contributed by atoms with Gasteiger partial charge in [-0.05, 0) is 36.2 Å². The minimum Gasteiger partial charge on any atom is -0.480 e. The Labute approximate surface area is 145 Å². The molecule has 0 fully saturated rings. The van der Waals surface area contributed by atoms with Crippen molar-refractivity contribution in [3.05, 3.63) is 65.5 Å². The van der Waals surface area contributed by atoms with Crippen LogP contribution in [0.1, 0.15) is 39.6 Å². The number of pyridine rings is 1. The van der Waals surface area contributed by atoms with Gasteiger partial charge in [0.05, 0.1) is 0 Å². The summed E-state index contributed by atoms with van der Waals surface area (Å²) in [4.78, 5) is 38.8. The number of aromatic nitrogens is 1. The Morgan fingerprint density at radius 3 is 2.16 bits per heavy atom. The maximum Gasteiger partial charge on any atom is 0.326 e. The highest BCUT2D eigenvalue weighted by atomic mass is 16.4. The number of carbonyl (C=O) groups excluding carboxylic acids is 2. The molecule has 1 atom stereocenters. The van der Waals surface area contributed by atoms with Gasteiger partial charge in [-0.25, -0.2) is 4.79 Å². The lowest BCUT2D eigenvalue weighted by Gasteiger charge is -2.12. The summed E-state index contributed by atoms with van der Waals surface area (Å²) < 4.78 is 0. The zero-order valence-corrected chi connectivity index (χ0v) is 13.7. The number of amides is 2. The lowest BCUT2D eigenvalue weighted by Crippen LogP contribution is -2.40. The summed E-state index contributed by atoms with van der Waals surface area (Å²) in [6.45, 7) is 2.00. The second-order valence-electron chi connectivity index (χ2n) is 5.39. The minimum absolute atomic E-state index is 0.212. The molecule has 1 aromatic carbocycles. The molecule has 0 saturated carbocycles. The number of benzene rings is 1. The lowest BCUT2D eigenvalue weighted by atomic mass is 10.1. The predicted molar refractivity (Wildman–Crippen MR) is 91.0 cm³/mol. The highest BCUT2D eigenvalue weighted by Gasteiger charge is 2.18. The van der Waals surface area contributed by atoms with E-state index < -0.39 is 17.9 Å². The molecule has 0 spiro atoms. The summed E-state index contributed by atoms with van der Waals surface area (Å²) in [6.07, 6.45) is 3.40. The van der Waals surface area contributed by atoms with Crippen LogP contribution >= 0.6 is 0 Å². The van der Waals surface area contributed by atoms with Crippen LogP contribution in [0.2, 0.25) is 0 Å². The van der Waals surface area contributed by atoms with E-state index in [1.165, 1.54) is 0 Å². The normalized spacial score (nSPS) is 11.4. The maximum absolute atomic E-state index is 12.0. The van der Waals surface area contributed by atoms with Crippen molar-refractivity contribution in [3.63, 3.8) is 0 Å². The zero-order valence-electron chi connectivity index (χ0n) is 13.7. The van der Waals surface area contributed by atoms with Crippen molar-refractivity contribution in [2.24, 2.45) is 0 Å². The number of rotatable bonds is 7. The third kappa shape index (κ3) is 5.13. The van der Waals surface area contributed by atoms with Gasteiger partial charge >= 0.3 is 5.97 Å². The molecule has 130 valence electrons. The van der Waals surface area contributed by atoms with Gasteiger partial charge in [0.2, 0.25) is 0 Å². The van der Waals surface area contributed by atoms with Crippen molar-refractivity contribution in [3.8, 4) is 0 Å². The number of nitrogens with zero attached hydrogens (tertiary/aromatic N) is 1. The van der Waals surface area contributed by atoms with E-state index in [2.05, 4.69) is 15.6 Å². The molecular weight excluding hydrogens is 322 g/mol. The fourth-order valence-electron chi connectivity index (χ4n) is 2.14. The standard InChI is InChI=1S/C18H19N3O4/c1-2-15(18(24)25)21-17(23)13-5-3-12(4-6-13)11-20-16(22)14-7-9-19-10-8-14/h3-10,15H,2,11H2,1H3,(H,20,22)(H,21,23)(H,24,25). The molecule has 0 radical (unpaired) electrons. The number of hydrogen-bond acceptors (Lipinski definition) is 4. The Morgan fingerprint density at radius 2 is 1.60 bits per heavy atom. The Hall–Kier alpha value is -3.22. The largest absolute Gasteiger partial charge is 0.480 e. The summed E-state index contributed by atoms with van der Waals surface area (Å²) in [6, 6.07) is 8.94. The van der Waals surface area contributed by atoms with Crippen molar-refractivity contribution in [2.45, 2.75) is 25.9 Å². The van der Waals surface area contributed by atoms with Crippen molar-refractivity contribution >= 4 is 17.8 Å². The molecule has 1 unspecified atom stereocenters. The van der Waals surface area contributed by atoms with Gasteiger partial charge in [-0.15, -0.1) is 0 Å². The number of aliphatic carboxylic acids is 1. The van der Waals surface area contributed by atoms with Crippen molar-refractivity contribution in [1.82, 2.24) is 15.6 Å². The molecule has 2 amide bonds. The molecule has 0 saturated heterocycles. The smallest absolute Gasteiger partial charge is 0.326 e. The van der Waals surface area contributed by atoms with E-state index in [0.717, 1.165) is 5.56 Å². The molecule has 7 nitrogen and oxygen atoms in total. The molecule has 2 rings (SSSR count). The monoisotopic (exact) mass is 341 g/mol. The number of carboxylic acid groups (broad SMARTS) is 1. The van der Waals surface area contributed by atoms with Crippen LogP contribution in [0.15, 0.2) is 48.8 Å². The second kappa shape index (κ2) is 8.58. The second-order valence-corrected chi connectivity index (χ2v) is 5.39. The molecule has 2 aromatic rings. The first-order valence-electron chi connectivity index (χ1n) is 7.82. The quantitative estimate of drug-likeness (QED) is 0.709. The Morgan fingerprint density at radius 1 is 1.00 bits per heavy atom. The molecule has 0 bridgehead atoms. The first kappa shape index (κ1) is 18.1. The average molecular weight is 341 g/mol. The van der Waals surface area contributed by atoms with E-state index in [-0.39, 0.29) is 5.91 Å². The van der Waals surface area contributed by atoms with Crippen molar-refractivity contribution in [2.75, 3.05) is 0 Å². The van der Waals surface area contributed by atoms with Crippen LogP contribution in [0.3, 0.4) is 0 Å². The van der Waals surface area contributed by atoms with Crippen LogP contribution in [-0.2, 0) is 11.3 Å². The van der Waals surface area contributed by atoms with E-state index in [1.54, 1.807) is 55.7 Å². The molecule has 0 aliphatic carbocycles. The van der Waals surface area contributed by atoms with Gasteiger partial charge in [0, 0.05) is 30.1 Å². The van der Waals surface area contributed by atoms with Crippen LogP contribution in [0.5, 0.6) is 0 Å². The topological polar surface area (TPSA) is 108 Å². The summed E-state index contributed by atoms with van der Waals surface area (Å²) in [5.41, 5.74) is 1.71. The molecule has 0 aliphatic heterocycles. The van der Waals surface area contributed by atoms with E-state index in [0.29, 0.717) is 24.1 Å². The predicted octanol–water partition coefficient (Wildman–Crippen LogP) is 1.60. The molecule has 1 heterocycles. The van der Waals surface area contributed by atoms with Crippen molar-refractivity contribution in [1.29, 1.82) is 0 Å². The van der Waals surface area contributed by atoms with Crippen LogP contribution in [0.4, 0.5) is 0 Å². The van der Waals surface area contributed by atoms with Gasteiger partial charge in [-0.2, -0.15) is 0 Å². The maximum atomic E-state index is 12.0. The highest BCUT2D eigenvalue weighted by Crippen LogP contribution is 2.06. The van der Waals surface area contributed by atoms with Gasteiger partial charge in [0.15, 0.2) is 0 Å². The van der Waals surface area contributed by atoms with Gasteiger partial charge in [-0.1, -0.05) is 19.1 Å². The lowest BCUT2D eigenvalue weighted by molar-refractivity contribution is -0.139. The van der Waals surface area contributed by atoms with E-state index in [4.69, 9.17) is 5.11 Å². The zero-order chi connectivity index (χ0) is 18.2. The van der Waals surface area contributed by atoms with Crippen LogP contribution < -0.4 is 10.6 Å². The van der Waals surface area contributed by atoms with Gasteiger partial charge in [0.1, 0.15) is 6.04 Å². The van der Waals surface area contributed by atoms with E-state index >= 15 is 0 Å². The fraction of sp³-hybridized carbons (Fsp3) is 0.222. The molecule has 7 heteroatoms. The Kier molecular flexibility index (Phi) is 6.22. The van der Waals surface area contributed by atoms with Crippen LogP contribution in [0, 0.1) is 0 Å². The summed E-state index contributed by atoms with van der Waals surface area (Å²) >= 11 is 0. The van der Waals surface area contributed by atoms with Gasteiger partial charge < -0.3 is 15.7 Å². The summed E-state index contributed by atoms with van der Waals surface area (Å²) in [7, 11) is 0. The minimum atomic E-state index is -1.06. The third-order valence-corrected chi connectivity index (χ3v) is 3.62.